The standard InChI is InChI=1S/C13H25N3/c1-5-7-13(6-2)14-8-12-9-15-16(10-12)11(3)4/h9-11,13-14H,5-8H2,1-4H3. The van der Waals surface area contributed by atoms with Crippen LogP contribution in [0.3, 0.4) is 0 Å². The second kappa shape index (κ2) is 6.69. The highest BCUT2D eigenvalue weighted by Gasteiger charge is 2.06. The molecule has 0 aliphatic heterocycles. The summed E-state index contributed by atoms with van der Waals surface area (Å²) in [6, 6.07) is 1.10. The molecular formula is C13H25N3. The number of hydrogen-bond acceptors (Lipinski definition) is 2. The van der Waals surface area contributed by atoms with E-state index in [-0.39, 0.29) is 0 Å². The highest BCUT2D eigenvalue weighted by atomic mass is 15.3. The van der Waals surface area contributed by atoms with E-state index < -0.39 is 0 Å². The van der Waals surface area contributed by atoms with E-state index in [4.69, 9.17) is 0 Å². The van der Waals surface area contributed by atoms with Crippen LogP contribution in [-0.4, -0.2) is 15.8 Å². The van der Waals surface area contributed by atoms with Crippen LogP contribution >= 0.6 is 0 Å². The quantitative estimate of drug-likeness (QED) is 0.769. The molecule has 0 aromatic carbocycles. The van der Waals surface area contributed by atoms with Gasteiger partial charge in [-0.1, -0.05) is 20.3 Å². The Hall–Kier alpha value is -0.830. The van der Waals surface area contributed by atoms with Crippen LogP contribution in [0.15, 0.2) is 12.4 Å². The Labute approximate surface area is 99.2 Å². The molecular weight excluding hydrogens is 198 g/mol. The van der Waals surface area contributed by atoms with Crippen molar-refractivity contribution in [1.82, 2.24) is 15.1 Å². The Morgan fingerprint density at radius 2 is 2.12 bits per heavy atom. The van der Waals surface area contributed by atoms with E-state index in [2.05, 4.69) is 44.3 Å². The SMILES string of the molecule is CCCC(CC)NCc1cnn(C(C)C)c1. The van der Waals surface area contributed by atoms with Crippen molar-refractivity contribution in [3.63, 3.8) is 0 Å². The first kappa shape index (κ1) is 13.2. The van der Waals surface area contributed by atoms with Crippen LogP contribution in [0.4, 0.5) is 0 Å². The maximum absolute atomic E-state index is 4.34. The van der Waals surface area contributed by atoms with Crippen LogP contribution in [0.25, 0.3) is 0 Å². The van der Waals surface area contributed by atoms with Crippen molar-refractivity contribution in [2.45, 2.75) is 65.6 Å². The maximum atomic E-state index is 4.34. The summed E-state index contributed by atoms with van der Waals surface area (Å²) in [7, 11) is 0. The summed E-state index contributed by atoms with van der Waals surface area (Å²) in [5.74, 6) is 0. The van der Waals surface area contributed by atoms with E-state index in [1.54, 1.807) is 0 Å². The molecule has 16 heavy (non-hydrogen) atoms. The molecule has 1 atom stereocenters. The van der Waals surface area contributed by atoms with Gasteiger partial charge < -0.3 is 5.32 Å². The minimum absolute atomic E-state index is 0.450. The van der Waals surface area contributed by atoms with Gasteiger partial charge in [0.2, 0.25) is 0 Å². The van der Waals surface area contributed by atoms with Gasteiger partial charge >= 0.3 is 0 Å². The van der Waals surface area contributed by atoms with Crippen LogP contribution in [0.5, 0.6) is 0 Å². The molecule has 0 saturated carbocycles. The zero-order chi connectivity index (χ0) is 12.0. The van der Waals surface area contributed by atoms with Gasteiger partial charge in [-0.05, 0) is 26.7 Å². The summed E-state index contributed by atoms with van der Waals surface area (Å²) in [4.78, 5) is 0. The summed E-state index contributed by atoms with van der Waals surface area (Å²) in [6.07, 6.45) is 7.81. The fourth-order valence-corrected chi connectivity index (χ4v) is 1.81. The molecule has 3 nitrogen and oxygen atoms in total. The van der Waals surface area contributed by atoms with Gasteiger partial charge in [0.25, 0.3) is 0 Å². The van der Waals surface area contributed by atoms with Crippen LogP contribution in [0.1, 0.15) is 58.6 Å². The van der Waals surface area contributed by atoms with Crippen molar-refractivity contribution in [2.75, 3.05) is 0 Å². The predicted molar refractivity (Wildman–Crippen MR) is 68.4 cm³/mol. The van der Waals surface area contributed by atoms with Crippen molar-refractivity contribution in [1.29, 1.82) is 0 Å². The van der Waals surface area contributed by atoms with E-state index in [9.17, 15) is 0 Å². The van der Waals surface area contributed by atoms with E-state index >= 15 is 0 Å². The average molecular weight is 223 g/mol. The lowest BCUT2D eigenvalue weighted by Crippen LogP contribution is -2.27. The van der Waals surface area contributed by atoms with Crippen LogP contribution in [0.2, 0.25) is 0 Å². The predicted octanol–water partition coefficient (Wildman–Crippen LogP) is 3.13. The molecule has 0 radical (unpaired) electrons. The molecule has 1 N–H and O–H groups in total. The average Bonchev–Trinajstić information content (AvgIpc) is 2.73. The highest BCUT2D eigenvalue weighted by Crippen LogP contribution is 2.07. The third-order valence-corrected chi connectivity index (χ3v) is 2.91. The molecule has 0 saturated heterocycles. The topological polar surface area (TPSA) is 29.9 Å². The van der Waals surface area contributed by atoms with E-state index in [0.717, 1.165) is 6.54 Å². The number of aromatic nitrogens is 2. The van der Waals surface area contributed by atoms with Crippen LogP contribution in [-0.2, 0) is 6.54 Å². The molecule has 1 aromatic rings. The second-order valence-electron chi connectivity index (χ2n) is 4.70. The lowest BCUT2D eigenvalue weighted by molar-refractivity contribution is 0.462. The summed E-state index contributed by atoms with van der Waals surface area (Å²) in [5.41, 5.74) is 1.28. The van der Waals surface area contributed by atoms with Crippen LogP contribution < -0.4 is 5.32 Å². The minimum Gasteiger partial charge on any atom is -0.310 e. The first-order valence-corrected chi connectivity index (χ1v) is 6.43. The zero-order valence-corrected chi connectivity index (χ0v) is 11.0. The van der Waals surface area contributed by atoms with Crippen molar-refractivity contribution in [3.8, 4) is 0 Å². The van der Waals surface area contributed by atoms with Gasteiger partial charge in [0, 0.05) is 30.4 Å². The molecule has 0 aliphatic carbocycles. The second-order valence-corrected chi connectivity index (χ2v) is 4.70. The fraction of sp³-hybridized carbons (Fsp3) is 0.769. The van der Waals surface area contributed by atoms with Gasteiger partial charge in [0.05, 0.1) is 6.20 Å². The monoisotopic (exact) mass is 223 g/mol. The Bertz CT molecular complexity index is 291. The zero-order valence-electron chi connectivity index (χ0n) is 11.0. The van der Waals surface area contributed by atoms with Gasteiger partial charge in [0.1, 0.15) is 0 Å². The molecule has 1 aromatic heterocycles. The summed E-state index contributed by atoms with van der Waals surface area (Å²) in [5, 5.41) is 7.93. The Morgan fingerprint density at radius 3 is 2.62 bits per heavy atom. The summed E-state index contributed by atoms with van der Waals surface area (Å²) < 4.78 is 2.01. The molecule has 92 valence electrons. The smallest absolute Gasteiger partial charge is 0.0534 e. The number of rotatable bonds is 7. The molecule has 1 rings (SSSR count). The van der Waals surface area contributed by atoms with Gasteiger partial charge in [-0.3, -0.25) is 4.68 Å². The van der Waals surface area contributed by atoms with Gasteiger partial charge in [-0.2, -0.15) is 5.10 Å². The number of nitrogens with one attached hydrogen (secondary N) is 1. The largest absolute Gasteiger partial charge is 0.310 e. The summed E-state index contributed by atoms with van der Waals surface area (Å²) >= 11 is 0. The lowest BCUT2D eigenvalue weighted by Gasteiger charge is -2.15. The molecule has 0 spiro atoms. The third-order valence-electron chi connectivity index (χ3n) is 2.91. The third kappa shape index (κ3) is 3.97. The first-order valence-electron chi connectivity index (χ1n) is 6.43. The number of nitrogens with zero attached hydrogens (tertiary/aromatic N) is 2. The van der Waals surface area contributed by atoms with Gasteiger partial charge in [0.15, 0.2) is 0 Å². The first-order chi connectivity index (χ1) is 7.67. The van der Waals surface area contributed by atoms with Gasteiger partial charge in [-0.15, -0.1) is 0 Å². The van der Waals surface area contributed by atoms with Crippen LogP contribution in [0, 0.1) is 0 Å². The molecule has 3 heteroatoms. The van der Waals surface area contributed by atoms with Crippen molar-refractivity contribution >= 4 is 0 Å². The summed E-state index contributed by atoms with van der Waals surface area (Å²) in [6.45, 7) is 9.71. The molecule has 0 fully saturated rings. The minimum atomic E-state index is 0.450. The van der Waals surface area contributed by atoms with Crippen molar-refractivity contribution < 1.29 is 0 Å². The van der Waals surface area contributed by atoms with Gasteiger partial charge in [-0.25, -0.2) is 0 Å². The van der Waals surface area contributed by atoms with E-state index in [1.807, 2.05) is 10.9 Å². The lowest BCUT2D eigenvalue weighted by atomic mass is 10.1. The fourth-order valence-electron chi connectivity index (χ4n) is 1.81. The Morgan fingerprint density at radius 1 is 1.38 bits per heavy atom. The molecule has 0 bridgehead atoms. The Kier molecular flexibility index (Phi) is 5.53. The van der Waals surface area contributed by atoms with Crippen molar-refractivity contribution in [2.24, 2.45) is 0 Å². The molecule has 0 aliphatic rings. The van der Waals surface area contributed by atoms with E-state index in [1.165, 1.54) is 24.8 Å². The van der Waals surface area contributed by atoms with E-state index in [0.29, 0.717) is 12.1 Å². The molecule has 1 unspecified atom stereocenters. The molecule has 1 heterocycles. The number of hydrogen-bond donors (Lipinski definition) is 1. The Balaban J connectivity index is 2.41. The normalized spacial score (nSPS) is 13.3. The van der Waals surface area contributed by atoms with Crippen molar-refractivity contribution in [3.05, 3.63) is 18.0 Å². The highest BCUT2D eigenvalue weighted by molar-refractivity contribution is 5.04. The molecule has 0 amide bonds. The maximum Gasteiger partial charge on any atom is 0.0534 e.